The summed E-state index contributed by atoms with van der Waals surface area (Å²) in [5, 5.41) is 8.98. The highest BCUT2D eigenvalue weighted by molar-refractivity contribution is 5.92. The smallest absolute Gasteiger partial charge is 0.246 e. The lowest BCUT2D eigenvalue weighted by Gasteiger charge is -2.43. The van der Waals surface area contributed by atoms with Gasteiger partial charge in [-0.3, -0.25) is 4.79 Å². The number of aliphatic hydroxyl groups excluding tert-OH is 1. The van der Waals surface area contributed by atoms with Gasteiger partial charge in [0.1, 0.15) is 0 Å². The van der Waals surface area contributed by atoms with Crippen LogP contribution in [0.15, 0.2) is 36.4 Å². The number of ether oxygens (including phenoxy) is 2. The minimum atomic E-state index is -0.255. The van der Waals surface area contributed by atoms with Crippen molar-refractivity contribution in [1.29, 1.82) is 0 Å². The van der Waals surface area contributed by atoms with E-state index in [4.69, 9.17) is 14.6 Å². The number of likely N-dealkylation sites (tertiary alicyclic amines) is 1. The van der Waals surface area contributed by atoms with Gasteiger partial charge in [-0.05, 0) is 37.3 Å². The number of hydrogen-bond donors (Lipinski definition) is 1. The van der Waals surface area contributed by atoms with Gasteiger partial charge in [0.2, 0.25) is 5.91 Å². The fourth-order valence-corrected chi connectivity index (χ4v) is 4.12. The Hall–Kier alpha value is -1.69. The van der Waals surface area contributed by atoms with E-state index in [9.17, 15) is 4.79 Å². The Morgan fingerprint density at radius 1 is 1.36 bits per heavy atom. The van der Waals surface area contributed by atoms with Crippen LogP contribution in [0, 0.1) is 0 Å². The van der Waals surface area contributed by atoms with Crippen molar-refractivity contribution in [3.63, 3.8) is 0 Å². The molecular formula is C20H27NO4. The third-order valence-electron chi connectivity index (χ3n) is 5.49. The van der Waals surface area contributed by atoms with E-state index in [1.165, 1.54) is 0 Å². The van der Waals surface area contributed by atoms with Crippen molar-refractivity contribution >= 4 is 12.0 Å². The van der Waals surface area contributed by atoms with Gasteiger partial charge >= 0.3 is 0 Å². The Balaban J connectivity index is 1.70. The summed E-state index contributed by atoms with van der Waals surface area (Å²) in [5.74, 6) is 0.0237. The number of benzene rings is 1. The van der Waals surface area contributed by atoms with Gasteiger partial charge in [-0.2, -0.15) is 0 Å². The Morgan fingerprint density at radius 3 is 2.88 bits per heavy atom. The average molecular weight is 345 g/mol. The number of aliphatic hydroxyl groups is 1. The van der Waals surface area contributed by atoms with Crippen molar-refractivity contribution in [3.05, 3.63) is 42.0 Å². The topological polar surface area (TPSA) is 59.0 Å². The van der Waals surface area contributed by atoms with Crippen LogP contribution in [0.25, 0.3) is 6.08 Å². The van der Waals surface area contributed by atoms with Crippen molar-refractivity contribution in [2.45, 2.75) is 43.4 Å². The fourth-order valence-electron chi connectivity index (χ4n) is 4.12. The lowest BCUT2D eigenvalue weighted by atomic mass is 9.79. The van der Waals surface area contributed by atoms with Gasteiger partial charge < -0.3 is 19.5 Å². The zero-order valence-corrected chi connectivity index (χ0v) is 14.8. The molecule has 0 spiro atoms. The number of carbonyl (C=O) groups excluding carboxylic acids is 1. The molecule has 1 saturated carbocycles. The summed E-state index contributed by atoms with van der Waals surface area (Å²) in [6.45, 7) is 1.08. The van der Waals surface area contributed by atoms with Crippen LogP contribution >= 0.6 is 0 Å². The zero-order chi connectivity index (χ0) is 17.7. The van der Waals surface area contributed by atoms with E-state index in [1.54, 1.807) is 13.2 Å². The summed E-state index contributed by atoms with van der Waals surface area (Å²) in [5.41, 5.74) is 0.760. The number of amides is 1. The predicted octanol–water partition coefficient (Wildman–Crippen LogP) is 2.25. The summed E-state index contributed by atoms with van der Waals surface area (Å²) in [7, 11) is 1.75. The van der Waals surface area contributed by atoms with E-state index >= 15 is 0 Å². The molecule has 0 bridgehead atoms. The summed E-state index contributed by atoms with van der Waals surface area (Å²) in [4.78, 5) is 14.7. The van der Waals surface area contributed by atoms with E-state index in [1.807, 2.05) is 41.3 Å². The lowest BCUT2D eigenvalue weighted by Crippen LogP contribution is -2.53. The van der Waals surface area contributed by atoms with E-state index in [0.29, 0.717) is 13.2 Å². The Labute approximate surface area is 149 Å². The molecule has 25 heavy (non-hydrogen) atoms. The van der Waals surface area contributed by atoms with Crippen LogP contribution in [0.3, 0.4) is 0 Å². The number of nitrogens with zero attached hydrogens (tertiary/aromatic N) is 1. The zero-order valence-electron chi connectivity index (χ0n) is 14.8. The molecule has 5 heteroatoms. The first-order valence-corrected chi connectivity index (χ1v) is 9.00. The molecule has 0 radical (unpaired) electrons. The molecule has 1 aliphatic heterocycles. The van der Waals surface area contributed by atoms with Crippen molar-refractivity contribution < 1.29 is 19.4 Å². The molecule has 3 atom stereocenters. The van der Waals surface area contributed by atoms with Gasteiger partial charge in [0.05, 0.1) is 31.0 Å². The molecule has 2 aliphatic rings. The van der Waals surface area contributed by atoms with Crippen LogP contribution in [0.5, 0.6) is 0 Å². The SMILES string of the molecule is CO[C@@]12CC[C@@H](OCCO)C[C@@H]1N(C(=O)C=Cc1ccccc1)CC2. The van der Waals surface area contributed by atoms with E-state index in [2.05, 4.69) is 0 Å². The third-order valence-corrected chi connectivity index (χ3v) is 5.49. The van der Waals surface area contributed by atoms with Crippen LogP contribution < -0.4 is 0 Å². The first-order valence-electron chi connectivity index (χ1n) is 9.00. The van der Waals surface area contributed by atoms with E-state index < -0.39 is 0 Å². The van der Waals surface area contributed by atoms with Crippen LogP contribution in [0.4, 0.5) is 0 Å². The average Bonchev–Trinajstić information content (AvgIpc) is 3.04. The summed E-state index contributed by atoms with van der Waals surface area (Å²) in [6, 6.07) is 9.86. The minimum Gasteiger partial charge on any atom is -0.394 e. The Bertz CT molecular complexity index is 603. The standard InChI is InChI=1S/C20H27NO4/c1-24-20-10-9-17(25-14-13-22)15-18(20)21(12-11-20)19(23)8-7-16-5-3-2-4-6-16/h2-8,17-18,22H,9-15H2,1H3/t17-,18+,20-/m1/s1. The monoisotopic (exact) mass is 345 g/mol. The summed E-state index contributed by atoms with van der Waals surface area (Å²) in [6.07, 6.45) is 7.01. The third kappa shape index (κ3) is 3.94. The molecule has 0 aromatic heterocycles. The maximum absolute atomic E-state index is 12.8. The fraction of sp³-hybridized carbons (Fsp3) is 0.550. The molecule has 1 aliphatic carbocycles. The molecular weight excluding hydrogens is 318 g/mol. The maximum Gasteiger partial charge on any atom is 0.246 e. The van der Waals surface area contributed by atoms with Gasteiger partial charge in [-0.25, -0.2) is 0 Å². The van der Waals surface area contributed by atoms with Gasteiger partial charge in [0, 0.05) is 19.7 Å². The van der Waals surface area contributed by atoms with Crippen LogP contribution in [-0.4, -0.2) is 60.5 Å². The number of hydrogen-bond acceptors (Lipinski definition) is 4. The molecule has 3 rings (SSSR count). The van der Waals surface area contributed by atoms with Crippen molar-refractivity contribution in [2.75, 3.05) is 26.9 Å². The lowest BCUT2D eigenvalue weighted by molar-refractivity contribution is -0.137. The molecule has 1 N–H and O–H groups in total. The highest BCUT2D eigenvalue weighted by atomic mass is 16.5. The molecule has 1 aromatic rings. The summed E-state index contributed by atoms with van der Waals surface area (Å²) >= 11 is 0. The second-order valence-electron chi connectivity index (χ2n) is 6.80. The molecule has 1 saturated heterocycles. The first kappa shape index (κ1) is 18.1. The van der Waals surface area contributed by atoms with Gasteiger partial charge in [-0.1, -0.05) is 30.3 Å². The van der Waals surface area contributed by atoms with Crippen LogP contribution in [0.2, 0.25) is 0 Å². The second-order valence-corrected chi connectivity index (χ2v) is 6.80. The maximum atomic E-state index is 12.8. The second kappa shape index (κ2) is 8.13. The molecule has 1 heterocycles. The molecule has 5 nitrogen and oxygen atoms in total. The molecule has 2 fully saturated rings. The minimum absolute atomic E-state index is 0.0237. The highest BCUT2D eigenvalue weighted by Gasteiger charge is 2.52. The number of rotatable bonds is 6. The summed E-state index contributed by atoms with van der Waals surface area (Å²) < 4.78 is 11.6. The van der Waals surface area contributed by atoms with E-state index in [-0.39, 0.29) is 30.3 Å². The Kier molecular flexibility index (Phi) is 5.89. The first-order chi connectivity index (χ1) is 12.2. The van der Waals surface area contributed by atoms with Crippen molar-refractivity contribution in [2.24, 2.45) is 0 Å². The quantitative estimate of drug-likeness (QED) is 0.804. The van der Waals surface area contributed by atoms with Gasteiger partial charge in [-0.15, -0.1) is 0 Å². The van der Waals surface area contributed by atoms with Crippen LogP contribution in [-0.2, 0) is 14.3 Å². The number of methoxy groups -OCH3 is 1. The molecule has 1 amide bonds. The molecule has 0 unspecified atom stereocenters. The van der Waals surface area contributed by atoms with Crippen molar-refractivity contribution in [1.82, 2.24) is 4.90 Å². The highest BCUT2D eigenvalue weighted by Crippen LogP contribution is 2.43. The number of fused-ring (bicyclic) bond motifs is 1. The predicted molar refractivity (Wildman–Crippen MR) is 96.0 cm³/mol. The van der Waals surface area contributed by atoms with Gasteiger partial charge in [0.15, 0.2) is 0 Å². The molecule has 136 valence electrons. The normalized spacial score (nSPS) is 29.1. The van der Waals surface area contributed by atoms with E-state index in [0.717, 1.165) is 31.2 Å². The van der Waals surface area contributed by atoms with Gasteiger partial charge in [0.25, 0.3) is 0 Å². The largest absolute Gasteiger partial charge is 0.394 e. The number of carbonyl (C=O) groups is 1. The van der Waals surface area contributed by atoms with Crippen molar-refractivity contribution in [3.8, 4) is 0 Å². The Morgan fingerprint density at radius 2 is 2.16 bits per heavy atom. The van der Waals surface area contributed by atoms with Crippen LogP contribution in [0.1, 0.15) is 31.2 Å². The molecule has 1 aromatic carbocycles.